The van der Waals surface area contributed by atoms with E-state index in [4.69, 9.17) is 9.47 Å². The molecule has 0 spiro atoms. The number of hydrogen-bond acceptors (Lipinski definition) is 7. The molecule has 5 aromatic rings. The number of aliphatic hydroxyl groups excluding tert-OH is 1. The minimum absolute atomic E-state index is 0.0898. The summed E-state index contributed by atoms with van der Waals surface area (Å²) >= 11 is 0. The lowest BCUT2D eigenvalue weighted by Crippen LogP contribution is -2.30. The van der Waals surface area contributed by atoms with Gasteiger partial charge in [0.25, 0.3) is 5.78 Å². The maximum atomic E-state index is 13.6. The van der Waals surface area contributed by atoms with Crippen LogP contribution in [0.5, 0.6) is 17.2 Å². The van der Waals surface area contributed by atoms with Gasteiger partial charge in [-0.2, -0.15) is 0 Å². The number of nitrogens with one attached hydrogen (secondary N) is 1. The zero-order valence-corrected chi connectivity index (χ0v) is 23.6. The molecule has 0 saturated carbocycles. The Kier molecular flexibility index (Phi) is 7.29. The number of aromatic hydroxyl groups is 1. The number of nitrogens with zero attached hydrogens (tertiary/aromatic N) is 2. The van der Waals surface area contributed by atoms with E-state index in [1.165, 1.54) is 11.0 Å². The van der Waals surface area contributed by atoms with Crippen molar-refractivity contribution >= 4 is 34.4 Å². The number of amides is 1. The smallest absolute Gasteiger partial charge is 0.302 e. The predicted octanol–water partition coefficient (Wildman–Crippen LogP) is 6.18. The van der Waals surface area contributed by atoms with Gasteiger partial charge in [0.1, 0.15) is 18.1 Å². The molecule has 1 saturated heterocycles. The number of aliphatic hydroxyl groups is 1. The van der Waals surface area contributed by atoms with Gasteiger partial charge in [-0.1, -0.05) is 48.5 Å². The number of fused-ring (bicyclic) bond motifs is 1. The molecule has 2 heterocycles. The second-order valence-electron chi connectivity index (χ2n) is 10.2. The summed E-state index contributed by atoms with van der Waals surface area (Å²) in [6, 6.07) is 25.6. The van der Waals surface area contributed by atoms with E-state index in [0.717, 1.165) is 11.1 Å². The quantitative estimate of drug-likeness (QED) is 0.115. The SMILES string of the molecule is CCOc1cc(C2/C(=C(\O)c3ccc(OCc4ccccc4)c(C)c3)C(=O)C(=O)N2c2nc3ccccc3[nH]2)ccc1O. The second-order valence-corrected chi connectivity index (χ2v) is 10.2. The van der Waals surface area contributed by atoms with Gasteiger partial charge in [-0.25, -0.2) is 4.98 Å². The summed E-state index contributed by atoms with van der Waals surface area (Å²) in [5.74, 6) is -1.18. The number of H-pyrrole nitrogens is 1. The van der Waals surface area contributed by atoms with E-state index in [1.54, 1.807) is 43.3 Å². The Balaban J connectivity index is 1.44. The lowest BCUT2D eigenvalue weighted by atomic mass is 9.94. The summed E-state index contributed by atoms with van der Waals surface area (Å²) in [6.45, 7) is 4.29. The number of para-hydroxylation sites is 2. The number of phenolic OH excluding ortho intramolecular Hbond substituents is 1. The van der Waals surface area contributed by atoms with Crippen molar-refractivity contribution in [1.29, 1.82) is 0 Å². The number of imidazole rings is 1. The first-order valence-electron chi connectivity index (χ1n) is 13.8. The van der Waals surface area contributed by atoms with Crippen molar-refractivity contribution < 1.29 is 29.3 Å². The van der Waals surface area contributed by atoms with Gasteiger partial charge < -0.3 is 24.7 Å². The zero-order chi connectivity index (χ0) is 30.1. The molecule has 216 valence electrons. The first-order valence-corrected chi connectivity index (χ1v) is 13.8. The van der Waals surface area contributed by atoms with E-state index < -0.39 is 17.7 Å². The lowest BCUT2D eigenvalue weighted by Gasteiger charge is -2.23. The van der Waals surface area contributed by atoms with Crippen LogP contribution in [0, 0.1) is 6.92 Å². The Morgan fingerprint density at radius 3 is 2.44 bits per heavy atom. The number of rotatable bonds is 8. The molecule has 1 unspecified atom stereocenters. The molecule has 3 N–H and O–H groups in total. The average Bonchev–Trinajstić information content (AvgIpc) is 3.56. The summed E-state index contributed by atoms with van der Waals surface area (Å²) in [5, 5.41) is 22.0. The third kappa shape index (κ3) is 5.17. The van der Waals surface area contributed by atoms with Gasteiger partial charge in [0.15, 0.2) is 11.5 Å². The molecule has 1 aliphatic rings. The minimum atomic E-state index is -1.06. The van der Waals surface area contributed by atoms with Crippen LogP contribution >= 0.6 is 0 Å². The number of carbonyl (C=O) groups is 2. The molecule has 4 aromatic carbocycles. The number of aromatic amines is 1. The maximum absolute atomic E-state index is 13.6. The third-order valence-corrected chi connectivity index (χ3v) is 7.33. The fraction of sp³-hybridized carbons (Fsp3) is 0.147. The van der Waals surface area contributed by atoms with Crippen molar-refractivity contribution in [2.45, 2.75) is 26.5 Å². The van der Waals surface area contributed by atoms with Crippen molar-refractivity contribution in [3.63, 3.8) is 0 Å². The second kappa shape index (κ2) is 11.4. The minimum Gasteiger partial charge on any atom is -0.507 e. The molecule has 9 heteroatoms. The fourth-order valence-corrected chi connectivity index (χ4v) is 5.24. The van der Waals surface area contributed by atoms with E-state index in [2.05, 4.69) is 9.97 Å². The number of phenols is 1. The topological polar surface area (TPSA) is 125 Å². The van der Waals surface area contributed by atoms with Crippen LogP contribution in [0.1, 0.15) is 35.2 Å². The Bertz CT molecular complexity index is 1850. The van der Waals surface area contributed by atoms with Crippen molar-refractivity contribution in [2.24, 2.45) is 0 Å². The molecule has 1 aliphatic heterocycles. The molecule has 0 bridgehead atoms. The summed E-state index contributed by atoms with van der Waals surface area (Å²) in [6.07, 6.45) is 0. The highest BCUT2D eigenvalue weighted by molar-refractivity contribution is 6.51. The highest BCUT2D eigenvalue weighted by atomic mass is 16.5. The van der Waals surface area contributed by atoms with E-state index in [9.17, 15) is 19.8 Å². The van der Waals surface area contributed by atoms with Crippen molar-refractivity contribution in [3.8, 4) is 17.2 Å². The van der Waals surface area contributed by atoms with Crippen LogP contribution in [0.15, 0.2) is 96.6 Å². The number of aryl methyl sites for hydroxylation is 1. The zero-order valence-electron chi connectivity index (χ0n) is 23.6. The summed E-state index contributed by atoms with van der Waals surface area (Å²) in [7, 11) is 0. The number of benzene rings is 4. The van der Waals surface area contributed by atoms with Gasteiger partial charge in [-0.05, 0) is 73.0 Å². The Morgan fingerprint density at radius 2 is 1.70 bits per heavy atom. The van der Waals surface area contributed by atoms with Gasteiger partial charge in [-0.15, -0.1) is 0 Å². The molecule has 9 nitrogen and oxygen atoms in total. The summed E-state index contributed by atoms with van der Waals surface area (Å²) in [5.41, 5.74) is 3.73. The Labute approximate surface area is 247 Å². The molecule has 1 aromatic heterocycles. The molecule has 43 heavy (non-hydrogen) atoms. The van der Waals surface area contributed by atoms with Crippen molar-refractivity contribution in [1.82, 2.24) is 9.97 Å². The van der Waals surface area contributed by atoms with Gasteiger partial charge in [0.2, 0.25) is 5.95 Å². The van der Waals surface area contributed by atoms with Crippen LogP contribution < -0.4 is 14.4 Å². The Hall–Kier alpha value is -5.57. The van der Waals surface area contributed by atoms with E-state index in [1.807, 2.05) is 55.5 Å². The van der Waals surface area contributed by atoms with Crippen LogP contribution in [-0.2, 0) is 16.2 Å². The number of hydrogen-bond donors (Lipinski definition) is 3. The van der Waals surface area contributed by atoms with Crippen LogP contribution in [0.3, 0.4) is 0 Å². The molecular formula is C34H29N3O6. The fourth-order valence-electron chi connectivity index (χ4n) is 5.24. The number of carbonyl (C=O) groups excluding carboxylic acids is 2. The highest BCUT2D eigenvalue weighted by Crippen LogP contribution is 2.44. The Morgan fingerprint density at radius 1 is 0.930 bits per heavy atom. The van der Waals surface area contributed by atoms with Crippen LogP contribution in [-0.4, -0.2) is 38.5 Å². The first-order chi connectivity index (χ1) is 20.9. The predicted molar refractivity (Wildman–Crippen MR) is 162 cm³/mol. The monoisotopic (exact) mass is 575 g/mol. The number of Topliss-reactive ketones (excluding diaryl/α,β-unsaturated/α-hetero) is 1. The number of anilines is 1. The largest absolute Gasteiger partial charge is 0.507 e. The van der Waals surface area contributed by atoms with E-state index in [0.29, 0.717) is 41.1 Å². The third-order valence-electron chi connectivity index (χ3n) is 7.33. The van der Waals surface area contributed by atoms with Gasteiger partial charge in [0.05, 0.1) is 29.3 Å². The molecule has 0 radical (unpaired) electrons. The van der Waals surface area contributed by atoms with Gasteiger partial charge in [0, 0.05) is 5.56 Å². The number of ketones is 1. The van der Waals surface area contributed by atoms with Crippen LogP contribution in [0.2, 0.25) is 0 Å². The van der Waals surface area contributed by atoms with E-state index >= 15 is 0 Å². The van der Waals surface area contributed by atoms with Crippen molar-refractivity contribution in [2.75, 3.05) is 11.5 Å². The normalized spacial score (nSPS) is 16.1. The number of ether oxygens (including phenoxy) is 2. The highest BCUT2D eigenvalue weighted by Gasteiger charge is 2.48. The van der Waals surface area contributed by atoms with Crippen molar-refractivity contribution in [3.05, 3.63) is 119 Å². The molecule has 6 rings (SSSR count). The molecule has 1 amide bonds. The first kappa shape index (κ1) is 27.6. The molecule has 0 aliphatic carbocycles. The van der Waals surface area contributed by atoms with E-state index in [-0.39, 0.29) is 28.8 Å². The number of aromatic nitrogens is 2. The maximum Gasteiger partial charge on any atom is 0.302 e. The van der Waals surface area contributed by atoms with Gasteiger partial charge in [-0.3, -0.25) is 14.5 Å². The standard InChI is InChI=1S/C34H29N3O6/c1-3-42-28-18-22(13-15-26(28)38)30-29(32(40)33(41)37(30)34-35-24-11-7-8-12-25(24)36-34)31(39)23-14-16-27(20(2)17-23)43-19-21-9-5-4-6-10-21/h4-18,30,38-39H,3,19H2,1-2H3,(H,35,36)/b31-29+. The summed E-state index contributed by atoms with van der Waals surface area (Å²) < 4.78 is 11.6. The lowest BCUT2D eigenvalue weighted by molar-refractivity contribution is -0.132. The average molecular weight is 576 g/mol. The van der Waals surface area contributed by atoms with Gasteiger partial charge >= 0.3 is 5.91 Å². The molecular weight excluding hydrogens is 546 g/mol. The van der Waals surface area contributed by atoms with Crippen LogP contribution in [0.25, 0.3) is 16.8 Å². The molecule has 1 atom stereocenters. The summed E-state index contributed by atoms with van der Waals surface area (Å²) in [4.78, 5) is 36.2. The molecule has 1 fully saturated rings. The van der Waals surface area contributed by atoms with Crippen LogP contribution in [0.4, 0.5) is 5.95 Å².